The van der Waals surface area contributed by atoms with E-state index in [1.165, 1.54) is 6.07 Å². The topological polar surface area (TPSA) is 49.2 Å². The Morgan fingerprint density at radius 1 is 1.30 bits per heavy atom. The fourth-order valence-electron chi connectivity index (χ4n) is 2.22. The van der Waals surface area contributed by atoms with E-state index < -0.39 is 0 Å². The van der Waals surface area contributed by atoms with Crippen LogP contribution in [-0.4, -0.2) is 18.1 Å². The van der Waals surface area contributed by atoms with Crippen molar-refractivity contribution in [2.75, 3.05) is 18.1 Å². The number of aromatic nitrogens is 1. The highest BCUT2D eigenvalue weighted by atomic mass is 19.1. The molecular formula is C15H12FN3O. The van der Waals surface area contributed by atoms with Gasteiger partial charge in [-0.3, -0.25) is 0 Å². The lowest BCUT2D eigenvalue weighted by atomic mass is 10.1. The van der Waals surface area contributed by atoms with Crippen molar-refractivity contribution >= 4 is 5.69 Å². The van der Waals surface area contributed by atoms with Gasteiger partial charge in [-0.2, -0.15) is 5.26 Å². The third kappa shape index (κ3) is 2.28. The van der Waals surface area contributed by atoms with E-state index in [0.717, 1.165) is 5.69 Å². The molecule has 0 amide bonds. The molecular weight excluding hydrogens is 257 g/mol. The molecule has 2 aromatic rings. The second-order valence-corrected chi connectivity index (χ2v) is 4.50. The summed E-state index contributed by atoms with van der Waals surface area (Å²) >= 11 is 0. The Balaban J connectivity index is 1.92. The van der Waals surface area contributed by atoms with Gasteiger partial charge in [0.25, 0.3) is 0 Å². The third-order valence-corrected chi connectivity index (χ3v) is 3.27. The summed E-state index contributed by atoms with van der Waals surface area (Å²) in [5.74, 6) is 0.324. The maximum absolute atomic E-state index is 13.9. The van der Waals surface area contributed by atoms with Gasteiger partial charge >= 0.3 is 0 Å². The van der Waals surface area contributed by atoms with Gasteiger partial charge in [0, 0.05) is 12.1 Å². The van der Waals surface area contributed by atoms with Crippen molar-refractivity contribution in [3.8, 4) is 11.8 Å². The number of benzene rings is 1. The van der Waals surface area contributed by atoms with E-state index in [4.69, 9.17) is 10.00 Å². The quantitative estimate of drug-likeness (QED) is 0.798. The monoisotopic (exact) mass is 269 g/mol. The Labute approximate surface area is 116 Å². The normalized spacial score (nSPS) is 13.9. The highest BCUT2D eigenvalue weighted by Gasteiger charge is 2.18. The Kier molecular flexibility index (Phi) is 3.21. The number of hydrogen-bond acceptors (Lipinski definition) is 4. The summed E-state index contributed by atoms with van der Waals surface area (Å²) in [6, 6.07) is 10.3. The zero-order chi connectivity index (χ0) is 13.9. The summed E-state index contributed by atoms with van der Waals surface area (Å²) < 4.78 is 19.5. The number of fused-ring (bicyclic) bond motifs is 1. The smallest absolute Gasteiger partial charge is 0.140 e. The number of pyridine rings is 1. The molecule has 0 spiro atoms. The fraction of sp³-hybridized carbons (Fsp3) is 0.200. The van der Waals surface area contributed by atoms with Crippen molar-refractivity contribution < 1.29 is 9.13 Å². The SMILES string of the molecule is N#Cc1ccc(N2CCOc3cccc(F)c3C2)cn1. The van der Waals surface area contributed by atoms with Gasteiger partial charge in [-0.1, -0.05) is 6.07 Å². The first-order valence-electron chi connectivity index (χ1n) is 6.29. The number of hydrogen-bond donors (Lipinski definition) is 0. The average Bonchev–Trinajstić information content (AvgIpc) is 2.71. The van der Waals surface area contributed by atoms with E-state index >= 15 is 0 Å². The van der Waals surface area contributed by atoms with Crippen LogP contribution in [0, 0.1) is 17.1 Å². The standard InChI is InChI=1S/C15H12FN3O/c16-14-2-1-3-15-13(14)10-19(6-7-20-15)12-5-4-11(8-17)18-9-12/h1-5,9H,6-7,10H2. The van der Waals surface area contributed by atoms with Gasteiger partial charge in [0.1, 0.15) is 29.9 Å². The molecule has 5 heteroatoms. The minimum absolute atomic E-state index is 0.268. The van der Waals surface area contributed by atoms with Crippen LogP contribution in [0.25, 0.3) is 0 Å². The summed E-state index contributed by atoms with van der Waals surface area (Å²) in [5, 5.41) is 8.75. The molecule has 0 saturated heterocycles. The van der Waals surface area contributed by atoms with Gasteiger partial charge in [0.05, 0.1) is 18.4 Å². The first-order valence-corrected chi connectivity index (χ1v) is 6.29. The summed E-state index contributed by atoms with van der Waals surface area (Å²) in [7, 11) is 0. The van der Waals surface area contributed by atoms with Crippen LogP contribution >= 0.6 is 0 Å². The maximum atomic E-state index is 13.9. The van der Waals surface area contributed by atoms with E-state index in [2.05, 4.69) is 4.98 Å². The van der Waals surface area contributed by atoms with Gasteiger partial charge in [-0.25, -0.2) is 9.37 Å². The molecule has 100 valence electrons. The van der Waals surface area contributed by atoms with Crippen molar-refractivity contribution in [1.82, 2.24) is 4.98 Å². The molecule has 0 radical (unpaired) electrons. The number of halogens is 1. The maximum Gasteiger partial charge on any atom is 0.140 e. The zero-order valence-corrected chi connectivity index (χ0v) is 10.7. The Morgan fingerprint density at radius 2 is 2.20 bits per heavy atom. The fourth-order valence-corrected chi connectivity index (χ4v) is 2.22. The Bertz CT molecular complexity index is 664. The second kappa shape index (κ2) is 5.17. The van der Waals surface area contributed by atoms with E-state index in [1.54, 1.807) is 24.4 Å². The lowest BCUT2D eigenvalue weighted by Crippen LogP contribution is -2.25. The molecule has 1 aliphatic heterocycles. The molecule has 1 aromatic carbocycles. The highest BCUT2D eigenvalue weighted by molar-refractivity contribution is 5.49. The lowest BCUT2D eigenvalue weighted by molar-refractivity contribution is 0.330. The first-order chi connectivity index (χ1) is 9.78. The Hall–Kier alpha value is -2.61. The first kappa shape index (κ1) is 12.4. The average molecular weight is 269 g/mol. The number of nitrogens with zero attached hydrogens (tertiary/aromatic N) is 3. The summed E-state index contributed by atoms with van der Waals surface area (Å²) in [6.07, 6.45) is 1.63. The van der Waals surface area contributed by atoms with Crippen molar-refractivity contribution in [1.29, 1.82) is 5.26 Å². The summed E-state index contributed by atoms with van der Waals surface area (Å²) in [5.41, 5.74) is 1.77. The molecule has 0 N–H and O–H groups in total. The predicted octanol–water partition coefficient (Wildman–Crippen LogP) is 2.49. The predicted molar refractivity (Wildman–Crippen MR) is 71.9 cm³/mol. The molecule has 20 heavy (non-hydrogen) atoms. The van der Waals surface area contributed by atoms with Gasteiger partial charge in [0.15, 0.2) is 0 Å². The number of ether oxygens (including phenoxy) is 1. The van der Waals surface area contributed by atoms with Crippen LogP contribution < -0.4 is 9.64 Å². The van der Waals surface area contributed by atoms with Gasteiger partial charge in [-0.05, 0) is 24.3 Å². The molecule has 1 aliphatic rings. The van der Waals surface area contributed by atoms with Gasteiger partial charge in [-0.15, -0.1) is 0 Å². The van der Waals surface area contributed by atoms with Crippen molar-refractivity contribution in [3.05, 3.63) is 53.6 Å². The molecule has 0 saturated carbocycles. The second-order valence-electron chi connectivity index (χ2n) is 4.50. The van der Waals surface area contributed by atoms with E-state index in [-0.39, 0.29) is 5.82 Å². The van der Waals surface area contributed by atoms with Crippen LogP contribution in [0.15, 0.2) is 36.5 Å². The molecule has 4 nitrogen and oxygen atoms in total. The van der Waals surface area contributed by atoms with Crippen LogP contribution in [0.4, 0.5) is 10.1 Å². The summed E-state index contributed by atoms with van der Waals surface area (Å²) in [4.78, 5) is 6.03. The van der Waals surface area contributed by atoms with Crippen LogP contribution in [0.1, 0.15) is 11.3 Å². The highest BCUT2D eigenvalue weighted by Crippen LogP contribution is 2.27. The van der Waals surface area contributed by atoms with Crippen LogP contribution in [0.2, 0.25) is 0 Å². The van der Waals surface area contributed by atoms with Crippen molar-refractivity contribution in [2.24, 2.45) is 0 Å². The van der Waals surface area contributed by atoms with Crippen LogP contribution in [0.3, 0.4) is 0 Å². The molecule has 0 atom stereocenters. The molecule has 0 fully saturated rings. The van der Waals surface area contributed by atoms with E-state index in [9.17, 15) is 4.39 Å². The molecule has 2 heterocycles. The molecule has 1 aromatic heterocycles. The minimum Gasteiger partial charge on any atom is -0.491 e. The van der Waals surface area contributed by atoms with Gasteiger partial charge < -0.3 is 9.64 Å². The minimum atomic E-state index is -0.268. The zero-order valence-electron chi connectivity index (χ0n) is 10.7. The van der Waals surface area contributed by atoms with Crippen molar-refractivity contribution in [3.63, 3.8) is 0 Å². The lowest BCUT2D eigenvalue weighted by Gasteiger charge is -2.21. The Morgan fingerprint density at radius 3 is 2.95 bits per heavy atom. The molecule has 0 aliphatic carbocycles. The number of rotatable bonds is 1. The molecule has 0 unspecified atom stereocenters. The molecule has 3 rings (SSSR count). The van der Waals surface area contributed by atoms with Crippen LogP contribution in [-0.2, 0) is 6.54 Å². The molecule has 0 bridgehead atoms. The number of nitriles is 1. The van der Waals surface area contributed by atoms with Gasteiger partial charge in [0.2, 0.25) is 0 Å². The number of anilines is 1. The van der Waals surface area contributed by atoms with Crippen molar-refractivity contribution in [2.45, 2.75) is 6.54 Å². The van der Waals surface area contributed by atoms with Crippen LogP contribution in [0.5, 0.6) is 5.75 Å². The van der Waals surface area contributed by atoms with E-state index in [1.807, 2.05) is 17.0 Å². The third-order valence-electron chi connectivity index (χ3n) is 3.27. The summed E-state index contributed by atoms with van der Waals surface area (Å²) in [6.45, 7) is 1.55. The largest absolute Gasteiger partial charge is 0.491 e. The van der Waals surface area contributed by atoms with E-state index in [0.29, 0.717) is 36.7 Å².